The topological polar surface area (TPSA) is 33.1 Å². The minimum atomic E-state index is -0.0862. The first-order valence-corrected chi connectivity index (χ1v) is 5.80. The average Bonchev–Trinajstić information content (AvgIpc) is 2.60. The van der Waals surface area contributed by atoms with Crippen molar-refractivity contribution in [2.24, 2.45) is 0 Å². The Morgan fingerprint density at radius 1 is 1.33 bits per heavy atom. The molecular weight excluding hydrogens is 253 g/mol. The largest absolute Gasteiger partial charge is 0.391 e. The predicted molar refractivity (Wildman–Crippen MR) is 63.5 cm³/mol. The molecule has 0 amide bonds. The number of nitrogens with zero attached hydrogens (tertiary/aromatic N) is 1. The lowest BCUT2D eigenvalue weighted by Gasteiger charge is -1.95. The summed E-state index contributed by atoms with van der Waals surface area (Å²) in [5.74, 6) is 0. The second kappa shape index (κ2) is 4.49. The van der Waals surface area contributed by atoms with Gasteiger partial charge in [-0.05, 0) is 12.1 Å². The van der Waals surface area contributed by atoms with Crippen LogP contribution in [-0.2, 0) is 6.61 Å². The number of thiazole rings is 1. The van der Waals surface area contributed by atoms with Gasteiger partial charge in [-0.3, -0.25) is 0 Å². The van der Waals surface area contributed by atoms with Crippen LogP contribution in [0, 0.1) is 0 Å². The third-order valence-electron chi connectivity index (χ3n) is 1.86. The summed E-state index contributed by atoms with van der Waals surface area (Å²) in [6.07, 6.45) is 0. The first kappa shape index (κ1) is 10.9. The van der Waals surface area contributed by atoms with E-state index in [-0.39, 0.29) is 6.61 Å². The fraction of sp³-hybridized carbons (Fsp3) is 0.100. The van der Waals surface area contributed by atoms with E-state index < -0.39 is 0 Å². The van der Waals surface area contributed by atoms with Gasteiger partial charge in [-0.25, -0.2) is 4.98 Å². The molecule has 1 aromatic carbocycles. The zero-order valence-electron chi connectivity index (χ0n) is 7.58. The van der Waals surface area contributed by atoms with Gasteiger partial charge in [-0.2, -0.15) is 0 Å². The molecule has 2 nitrogen and oxygen atoms in total. The van der Waals surface area contributed by atoms with Crippen LogP contribution in [0.2, 0.25) is 10.2 Å². The Kier molecular flexibility index (Phi) is 3.26. The quantitative estimate of drug-likeness (QED) is 0.894. The van der Waals surface area contributed by atoms with Crippen molar-refractivity contribution >= 4 is 34.5 Å². The van der Waals surface area contributed by atoms with Crippen LogP contribution in [0.15, 0.2) is 24.3 Å². The molecule has 0 aliphatic rings. The standard InChI is InChI=1S/C10H7Cl2NOS/c11-7-3-1-2-6(4-7)10-13-9(12)8(5-14)15-10/h1-4,14H,5H2. The lowest BCUT2D eigenvalue weighted by Crippen LogP contribution is -1.76. The van der Waals surface area contributed by atoms with Crippen LogP contribution in [0.3, 0.4) is 0 Å². The molecule has 0 atom stereocenters. The van der Waals surface area contributed by atoms with Crippen LogP contribution in [0.25, 0.3) is 10.6 Å². The van der Waals surface area contributed by atoms with Gasteiger partial charge in [0.15, 0.2) is 0 Å². The van der Waals surface area contributed by atoms with Gasteiger partial charge in [0.2, 0.25) is 0 Å². The lowest BCUT2D eigenvalue weighted by molar-refractivity contribution is 0.285. The fourth-order valence-electron chi connectivity index (χ4n) is 1.18. The van der Waals surface area contributed by atoms with Gasteiger partial charge in [0.05, 0.1) is 11.5 Å². The molecule has 1 N–H and O–H groups in total. The molecule has 0 aliphatic heterocycles. The van der Waals surface area contributed by atoms with Gasteiger partial charge in [-0.1, -0.05) is 35.3 Å². The molecule has 1 heterocycles. The van der Waals surface area contributed by atoms with Crippen molar-refractivity contribution in [3.8, 4) is 10.6 Å². The van der Waals surface area contributed by atoms with Crippen LogP contribution in [0.1, 0.15) is 4.88 Å². The van der Waals surface area contributed by atoms with Crippen molar-refractivity contribution in [3.05, 3.63) is 39.3 Å². The molecule has 5 heteroatoms. The van der Waals surface area contributed by atoms with Crippen molar-refractivity contribution in [1.29, 1.82) is 0 Å². The van der Waals surface area contributed by atoms with Crippen molar-refractivity contribution in [2.45, 2.75) is 6.61 Å². The molecule has 1 aromatic heterocycles. The van der Waals surface area contributed by atoms with Gasteiger partial charge >= 0.3 is 0 Å². The van der Waals surface area contributed by atoms with Gasteiger partial charge < -0.3 is 5.11 Å². The SMILES string of the molecule is OCc1sc(-c2cccc(Cl)c2)nc1Cl. The summed E-state index contributed by atoms with van der Waals surface area (Å²) in [5.41, 5.74) is 0.911. The van der Waals surface area contributed by atoms with Crippen LogP contribution in [0.4, 0.5) is 0 Å². The van der Waals surface area contributed by atoms with Gasteiger partial charge in [0.25, 0.3) is 0 Å². The van der Waals surface area contributed by atoms with Gasteiger partial charge in [0, 0.05) is 10.6 Å². The second-order valence-electron chi connectivity index (χ2n) is 2.90. The van der Waals surface area contributed by atoms with Crippen molar-refractivity contribution in [2.75, 3.05) is 0 Å². The smallest absolute Gasteiger partial charge is 0.146 e. The van der Waals surface area contributed by atoms with Crippen LogP contribution in [-0.4, -0.2) is 10.1 Å². The number of aliphatic hydroxyl groups is 1. The highest BCUT2D eigenvalue weighted by molar-refractivity contribution is 7.15. The van der Waals surface area contributed by atoms with Crippen LogP contribution in [0.5, 0.6) is 0 Å². The third kappa shape index (κ3) is 2.32. The van der Waals surface area contributed by atoms with E-state index >= 15 is 0 Å². The molecule has 0 unspecified atom stereocenters. The highest BCUT2D eigenvalue weighted by atomic mass is 35.5. The minimum Gasteiger partial charge on any atom is -0.391 e. The zero-order chi connectivity index (χ0) is 10.8. The van der Waals surface area contributed by atoms with E-state index in [2.05, 4.69) is 4.98 Å². The Balaban J connectivity index is 2.45. The molecule has 0 spiro atoms. The molecule has 0 saturated carbocycles. The molecule has 15 heavy (non-hydrogen) atoms. The normalized spacial score (nSPS) is 10.6. The predicted octanol–water partition coefficient (Wildman–Crippen LogP) is 3.61. The van der Waals surface area contributed by atoms with E-state index in [4.69, 9.17) is 28.3 Å². The van der Waals surface area contributed by atoms with E-state index in [1.165, 1.54) is 11.3 Å². The maximum absolute atomic E-state index is 8.99. The highest BCUT2D eigenvalue weighted by Gasteiger charge is 2.09. The third-order valence-corrected chi connectivity index (χ3v) is 3.61. The monoisotopic (exact) mass is 259 g/mol. The van der Waals surface area contributed by atoms with Gasteiger partial charge in [-0.15, -0.1) is 11.3 Å². The number of rotatable bonds is 2. The number of hydrogen-bond acceptors (Lipinski definition) is 3. The van der Waals surface area contributed by atoms with Crippen molar-refractivity contribution < 1.29 is 5.11 Å². The molecule has 0 bridgehead atoms. The van der Waals surface area contributed by atoms with E-state index in [0.29, 0.717) is 15.1 Å². The Bertz CT molecular complexity index is 484. The maximum Gasteiger partial charge on any atom is 0.146 e. The molecular formula is C10H7Cl2NOS. The first-order chi connectivity index (χ1) is 7.20. The Morgan fingerprint density at radius 2 is 2.13 bits per heavy atom. The van der Waals surface area contributed by atoms with Crippen molar-refractivity contribution in [1.82, 2.24) is 4.98 Å². The summed E-state index contributed by atoms with van der Waals surface area (Å²) >= 11 is 13.1. The number of aliphatic hydroxyl groups excluding tert-OH is 1. The average molecular weight is 260 g/mol. The highest BCUT2D eigenvalue weighted by Crippen LogP contribution is 2.31. The van der Waals surface area contributed by atoms with E-state index in [1.54, 1.807) is 6.07 Å². The number of benzene rings is 1. The lowest BCUT2D eigenvalue weighted by atomic mass is 10.2. The molecule has 2 aromatic rings. The van der Waals surface area contributed by atoms with E-state index in [9.17, 15) is 0 Å². The first-order valence-electron chi connectivity index (χ1n) is 4.22. The fourth-order valence-corrected chi connectivity index (χ4v) is 2.49. The van der Waals surface area contributed by atoms with Gasteiger partial charge in [0.1, 0.15) is 10.2 Å². The Hall–Kier alpha value is -0.610. The minimum absolute atomic E-state index is 0.0862. The molecule has 0 saturated heterocycles. The number of hydrogen-bond donors (Lipinski definition) is 1. The molecule has 0 fully saturated rings. The van der Waals surface area contributed by atoms with E-state index in [1.807, 2.05) is 18.2 Å². The van der Waals surface area contributed by atoms with E-state index in [0.717, 1.165) is 10.6 Å². The summed E-state index contributed by atoms with van der Waals surface area (Å²) in [6, 6.07) is 7.37. The molecule has 0 aliphatic carbocycles. The molecule has 0 radical (unpaired) electrons. The summed E-state index contributed by atoms with van der Waals surface area (Å²) in [6.45, 7) is -0.0862. The summed E-state index contributed by atoms with van der Waals surface area (Å²) in [5, 5.41) is 10.8. The molecule has 78 valence electrons. The van der Waals surface area contributed by atoms with Crippen LogP contribution < -0.4 is 0 Å². The summed E-state index contributed by atoms with van der Waals surface area (Å²) < 4.78 is 0. The second-order valence-corrected chi connectivity index (χ2v) is 4.78. The van der Waals surface area contributed by atoms with Crippen molar-refractivity contribution in [3.63, 3.8) is 0 Å². The zero-order valence-corrected chi connectivity index (χ0v) is 9.90. The van der Waals surface area contributed by atoms with Crippen LogP contribution >= 0.6 is 34.5 Å². The number of aromatic nitrogens is 1. The maximum atomic E-state index is 8.99. The summed E-state index contributed by atoms with van der Waals surface area (Å²) in [4.78, 5) is 4.83. The Morgan fingerprint density at radius 3 is 2.73 bits per heavy atom. The Labute approximate surface area is 101 Å². The number of halogens is 2. The summed E-state index contributed by atoms with van der Waals surface area (Å²) in [7, 11) is 0. The molecule has 2 rings (SSSR count).